The van der Waals surface area contributed by atoms with Crippen molar-refractivity contribution in [1.29, 1.82) is 0 Å². The first kappa shape index (κ1) is 26.1. The number of nitrogens with zero attached hydrogens (tertiary/aromatic N) is 2. The third-order valence-corrected chi connectivity index (χ3v) is 6.65. The minimum absolute atomic E-state index is 0.402. The molecule has 0 atom stereocenters. The van der Waals surface area contributed by atoms with Gasteiger partial charge in [0, 0.05) is 22.0 Å². The van der Waals surface area contributed by atoms with Gasteiger partial charge < -0.3 is 14.2 Å². The summed E-state index contributed by atoms with van der Waals surface area (Å²) in [7, 11) is 3.14. The molecule has 37 heavy (non-hydrogen) atoms. The number of carbonyl (C=O) groups is 2. The molecule has 0 aliphatic carbocycles. The van der Waals surface area contributed by atoms with E-state index in [-0.39, 0.29) is 0 Å². The van der Waals surface area contributed by atoms with Gasteiger partial charge in [-0.15, -0.1) is 11.3 Å². The molecular weight excluding hydrogens is 490 g/mol. The molecule has 9 heteroatoms. The zero-order chi connectivity index (χ0) is 26.4. The molecule has 8 nitrogen and oxygen atoms in total. The molecule has 0 radical (unpaired) electrons. The van der Waals surface area contributed by atoms with Gasteiger partial charge in [0.15, 0.2) is 23.2 Å². The van der Waals surface area contributed by atoms with Crippen molar-refractivity contribution in [2.45, 2.75) is 33.1 Å². The van der Waals surface area contributed by atoms with Crippen LogP contribution in [-0.2, 0) is 22.4 Å². The molecule has 0 unspecified atom stereocenters. The average Bonchev–Trinajstić information content (AvgIpc) is 3.39. The number of aromatic nitrogens is 2. The van der Waals surface area contributed by atoms with E-state index in [1.807, 2.05) is 48.7 Å². The van der Waals surface area contributed by atoms with Crippen molar-refractivity contribution in [3.05, 3.63) is 64.7 Å². The van der Waals surface area contributed by atoms with Gasteiger partial charge in [0.25, 0.3) is 5.91 Å². The first-order valence-electron chi connectivity index (χ1n) is 12.0. The van der Waals surface area contributed by atoms with Crippen LogP contribution >= 0.6 is 11.3 Å². The van der Waals surface area contributed by atoms with Crippen LogP contribution in [0, 0.1) is 0 Å². The second kappa shape index (κ2) is 11.8. The van der Waals surface area contributed by atoms with Gasteiger partial charge >= 0.3 is 5.97 Å². The molecule has 1 N–H and O–H groups in total. The summed E-state index contributed by atoms with van der Waals surface area (Å²) in [6.07, 6.45) is 2.32. The van der Waals surface area contributed by atoms with Crippen molar-refractivity contribution in [3.63, 3.8) is 0 Å². The number of rotatable bonds is 10. The number of pyridine rings is 1. The molecular formula is C28H29N3O5S. The zero-order valence-electron chi connectivity index (χ0n) is 21.3. The minimum Gasteiger partial charge on any atom is -0.493 e. The topological polar surface area (TPSA) is 99.6 Å². The quantitative estimate of drug-likeness (QED) is 0.269. The zero-order valence-corrected chi connectivity index (χ0v) is 22.1. The molecule has 192 valence electrons. The fourth-order valence-electron chi connectivity index (χ4n) is 4.18. The number of hydrogen-bond donors (Lipinski definition) is 1. The van der Waals surface area contributed by atoms with Crippen LogP contribution in [0.4, 0.5) is 5.13 Å². The Bertz CT molecular complexity index is 1430. The fraction of sp³-hybridized carbons (Fsp3) is 0.286. The maximum Gasteiger partial charge on any atom is 0.339 e. The van der Waals surface area contributed by atoms with E-state index < -0.39 is 18.5 Å². The number of ether oxygens (including phenoxy) is 3. The highest BCUT2D eigenvalue weighted by Gasteiger charge is 2.21. The molecule has 2 aromatic heterocycles. The summed E-state index contributed by atoms with van der Waals surface area (Å²) in [6.45, 7) is 3.65. The van der Waals surface area contributed by atoms with E-state index in [2.05, 4.69) is 17.2 Å². The van der Waals surface area contributed by atoms with Gasteiger partial charge in [-0.3, -0.25) is 15.1 Å². The Kier molecular flexibility index (Phi) is 8.35. The second-order valence-corrected chi connectivity index (χ2v) is 9.12. The number of thiazole rings is 1. The van der Waals surface area contributed by atoms with Crippen LogP contribution in [0.1, 0.15) is 41.9 Å². The van der Waals surface area contributed by atoms with Crippen LogP contribution in [0.5, 0.6) is 11.5 Å². The predicted molar refractivity (Wildman–Crippen MR) is 145 cm³/mol. The Balaban J connectivity index is 1.47. The summed E-state index contributed by atoms with van der Waals surface area (Å²) in [5, 5.41) is 5.67. The third-order valence-electron chi connectivity index (χ3n) is 5.89. The van der Waals surface area contributed by atoms with Crippen LogP contribution in [0.15, 0.2) is 47.8 Å². The van der Waals surface area contributed by atoms with E-state index in [1.54, 1.807) is 20.3 Å². The third kappa shape index (κ3) is 5.72. The molecule has 0 aliphatic heterocycles. The molecule has 4 rings (SSSR count). The van der Waals surface area contributed by atoms with Crippen LogP contribution in [0.25, 0.3) is 22.2 Å². The normalized spacial score (nSPS) is 10.8. The average molecular weight is 520 g/mol. The summed E-state index contributed by atoms with van der Waals surface area (Å²) in [6, 6.07) is 13.0. The number of fused-ring (bicyclic) bond motifs is 1. The lowest BCUT2D eigenvalue weighted by atomic mass is 9.96. The highest BCUT2D eigenvalue weighted by Crippen LogP contribution is 2.33. The van der Waals surface area contributed by atoms with Crippen LogP contribution in [-0.4, -0.2) is 42.7 Å². The number of methoxy groups -OCH3 is 2. The van der Waals surface area contributed by atoms with Crippen LogP contribution in [0.2, 0.25) is 0 Å². The standard InChI is InChI=1S/C28H29N3O5S/c1-5-9-20-18(6-2)26(19-10-7-8-11-21(19)29-20)27(33)36-15-25(32)31-28-30-22(16-37-28)17-12-13-23(34-3)24(14-17)35-4/h7-8,10-14,16H,5-6,9,15H2,1-4H3,(H,30,31,32). The van der Waals surface area contributed by atoms with Crippen LogP contribution in [0.3, 0.4) is 0 Å². The molecule has 0 aliphatic rings. The summed E-state index contributed by atoms with van der Waals surface area (Å²) in [5.74, 6) is 0.203. The number of nitrogens with one attached hydrogen (secondary N) is 1. The van der Waals surface area contributed by atoms with Crippen molar-refractivity contribution in [1.82, 2.24) is 9.97 Å². The number of hydrogen-bond acceptors (Lipinski definition) is 8. The molecule has 0 saturated carbocycles. The van der Waals surface area contributed by atoms with Crippen molar-refractivity contribution < 1.29 is 23.8 Å². The summed E-state index contributed by atoms with van der Waals surface area (Å²) < 4.78 is 16.1. The Labute approximate surface area is 219 Å². The molecule has 2 heterocycles. The SMILES string of the molecule is CCCc1nc2ccccc2c(C(=O)OCC(=O)Nc2nc(-c3ccc(OC)c(OC)c3)cs2)c1CC. The number of aryl methyl sites for hydroxylation is 1. The number of para-hydroxylation sites is 1. The number of benzene rings is 2. The van der Waals surface area contributed by atoms with Gasteiger partial charge in [-0.2, -0.15) is 0 Å². The molecule has 0 fully saturated rings. The second-order valence-electron chi connectivity index (χ2n) is 8.26. The van der Waals surface area contributed by atoms with Gasteiger partial charge in [0.05, 0.1) is 31.0 Å². The van der Waals surface area contributed by atoms with Gasteiger partial charge in [-0.05, 0) is 42.7 Å². The van der Waals surface area contributed by atoms with E-state index in [0.717, 1.165) is 40.6 Å². The fourth-order valence-corrected chi connectivity index (χ4v) is 4.91. The maximum absolute atomic E-state index is 13.2. The Hall–Kier alpha value is -3.98. The van der Waals surface area contributed by atoms with E-state index in [0.29, 0.717) is 34.3 Å². The largest absolute Gasteiger partial charge is 0.493 e. The summed E-state index contributed by atoms with van der Waals surface area (Å²) in [4.78, 5) is 35.0. The van der Waals surface area contributed by atoms with E-state index in [1.165, 1.54) is 11.3 Å². The minimum atomic E-state index is -0.534. The number of anilines is 1. The van der Waals surface area contributed by atoms with E-state index >= 15 is 0 Å². The monoisotopic (exact) mass is 519 g/mol. The number of esters is 1. The highest BCUT2D eigenvalue weighted by atomic mass is 32.1. The summed E-state index contributed by atoms with van der Waals surface area (Å²) >= 11 is 1.28. The molecule has 4 aromatic rings. The first-order chi connectivity index (χ1) is 18.0. The van der Waals surface area contributed by atoms with Gasteiger partial charge in [0.1, 0.15) is 0 Å². The summed E-state index contributed by atoms with van der Waals surface area (Å²) in [5.41, 5.74) is 4.48. The Morgan fingerprint density at radius 2 is 1.78 bits per heavy atom. The molecule has 0 spiro atoms. The first-order valence-corrected chi connectivity index (χ1v) is 12.9. The smallest absolute Gasteiger partial charge is 0.339 e. The van der Waals surface area contributed by atoms with Crippen molar-refractivity contribution >= 4 is 39.2 Å². The predicted octanol–water partition coefficient (Wildman–Crippen LogP) is 5.69. The molecule has 0 bridgehead atoms. The lowest BCUT2D eigenvalue weighted by molar-refractivity contribution is -0.119. The van der Waals surface area contributed by atoms with Crippen molar-refractivity contribution in [2.75, 3.05) is 26.1 Å². The lowest BCUT2D eigenvalue weighted by Crippen LogP contribution is -2.22. The van der Waals surface area contributed by atoms with Gasteiger partial charge in [0.2, 0.25) is 0 Å². The van der Waals surface area contributed by atoms with Crippen LogP contribution < -0.4 is 14.8 Å². The van der Waals surface area contributed by atoms with Gasteiger partial charge in [-0.25, -0.2) is 9.78 Å². The number of amides is 1. The van der Waals surface area contributed by atoms with Crippen molar-refractivity contribution in [3.8, 4) is 22.8 Å². The highest BCUT2D eigenvalue weighted by molar-refractivity contribution is 7.14. The maximum atomic E-state index is 13.2. The molecule has 1 amide bonds. The Morgan fingerprint density at radius 3 is 2.51 bits per heavy atom. The van der Waals surface area contributed by atoms with E-state index in [9.17, 15) is 9.59 Å². The molecule has 0 saturated heterocycles. The molecule has 2 aromatic carbocycles. The van der Waals surface area contributed by atoms with Crippen molar-refractivity contribution in [2.24, 2.45) is 0 Å². The Morgan fingerprint density at radius 1 is 1.00 bits per heavy atom. The van der Waals surface area contributed by atoms with E-state index in [4.69, 9.17) is 19.2 Å². The lowest BCUT2D eigenvalue weighted by Gasteiger charge is -2.15. The number of carbonyl (C=O) groups excluding carboxylic acids is 2. The van der Waals surface area contributed by atoms with Gasteiger partial charge in [-0.1, -0.05) is 38.5 Å².